The summed E-state index contributed by atoms with van der Waals surface area (Å²) in [5.74, 6) is -1.17. The van der Waals surface area contributed by atoms with Crippen molar-refractivity contribution in [1.29, 1.82) is 0 Å². The van der Waals surface area contributed by atoms with Gasteiger partial charge in [-0.2, -0.15) is 0 Å². The number of imidazole rings is 1. The van der Waals surface area contributed by atoms with E-state index in [9.17, 15) is 9.59 Å². The SMILES string of the molecule is NC(=O)C1(c2nc3ccccc3[nH]2)NCN=C1C(=O)Nc1ccccc1Cl. The van der Waals surface area contributed by atoms with Gasteiger partial charge in [0.1, 0.15) is 11.5 Å². The van der Waals surface area contributed by atoms with Crippen molar-refractivity contribution < 1.29 is 9.59 Å². The van der Waals surface area contributed by atoms with E-state index in [2.05, 4.69) is 25.6 Å². The molecule has 1 aromatic heterocycles. The second kappa shape index (κ2) is 6.49. The number of primary amides is 1. The maximum absolute atomic E-state index is 12.9. The average molecular weight is 383 g/mol. The molecule has 5 N–H and O–H groups in total. The number of halogens is 1. The summed E-state index contributed by atoms with van der Waals surface area (Å²) in [6.45, 7) is 0.0469. The van der Waals surface area contributed by atoms with Crippen LogP contribution in [0, 0.1) is 0 Å². The van der Waals surface area contributed by atoms with Gasteiger partial charge in [0.15, 0.2) is 0 Å². The molecule has 8 nitrogen and oxygen atoms in total. The number of anilines is 1. The van der Waals surface area contributed by atoms with Gasteiger partial charge in [-0.05, 0) is 24.3 Å². The third-order valence-electron chi connectivity index (χ3n) is 4.39. The van der Waals surface area contributed by atoms with Crippen LogP contribution in [0.5, 0.6) is 0 Å². The van der Waals surface area contributed by atoms with Crippen LogP contribution in [0.3, 0.4) is 0 Å². The van der Waals surface area contributed by atoms with Crippen LogP contribution < -0.4 is 16.4 Å². The summed E-state index contributed by atoms with van der Waals surface area (Å²) in [4.78, 5) is 37.0. The Labute approximate surface area is 158 Å². The fourth-order valence-electron chi connectivity index (χ4n) is 3.07. The molecule has 0 saturated heterocycles. The van der Waals surface area contributed by atoms with Crippen molar-refractivity contribution in [1.82, 2.24) is 15.3 Å². The zero-order valence-electron chi connectivity index (χ0n) is 14.0. The molecule has 0 spiro atoms. The van der Waals surface area contributed by atoms with Gasteiger partial charge in [0.05, 0.1) is 28.4 Å². The molecule has 3 aromatic rings. The number of nitrogens with zero attached hydrogens (tertiary/aromatic N) is 2. The van der Waals surface area contributed by atoms with Crippen LogP contribution in [0.25, 0.3) is 11.0 Å². The van der Waals surface area contributed by atoms with Crippen LogP contribution in [-0.4, -0.2) is 34.2 Å². The Morgan fingerprint density at radius 2 is 1.89 bits per heavy atom. The third-order valence-corrected chi connectivity index (χ3v) is 4.72. The minimum atomic E-state index is -1.66. The zero-order valence-corrected chi connectivity index (χ0v) is 14.7. The predicted molar refractivity (Wildman–Crippen MR) is 102 cm³/mol. The van der Waals surface area contributed by atoms with E-state index in [1.807, 2.05) is 18.2 Å². The van der Waals surface area contributed by atoms with Gasteiger partial charge in [-0.1, -0.05) is 35.9 Å². The van der Waals surface area contributed by atoms with Gasteiger partial charge >= 0.3 is 0 Å². The zero-order chi connectivity index (χ0) is 19.0. The van der Waals surface area contributed by atoms with E-state index in [1.54, 1.807) is 30.3 Å². The predicted octanol–water partition coefficient (Wildman–Crippen LogP) is 1.54. The summed E-state index contributed by atoms with van der Waals surface area (Å²) in [6, 6.07) is 14.0. The number of aromatic amines is 1. The minimum absolute atomic E-state index is 0.0469. The summed E-state index contributed by atoms with van der Waals surface area (Å²) < 4.78 is 0. The third kappa shape index (κ3) is 2.75. The van der Waals surface area contributed by atoms with Crippen molar-refractivity contribution in [3.05, 3.63) is 59.4 Å². The number of carbonyl (C=O) groups excluding carboxylic acids is 2. The van der Waals surface area contributed by atoms with Gasteiger partial charge in [-0.25, -0.2) is 4.98 Å². The highest BCUT2D eigenvalue weighted by molar-refractivity contribution is 6.50. The first-order chi connectivity index (χ1) is 13.0. The summed E-state index contributed by atoms with van der Waals surface area (Å²) in [5, 5.41) is 5.95. The van der Waals surface area contributed by atoms with Crippen molar-refractivity contribution in [2.24, 2.45) is 10.7 Å². The number of aromatic nitrogens is 2. The Balaban J connectivity index is 1.76. The maximum Gasteiger partial charge on any atom is 0.272 e. The van der Waals surface area contributed by atoms with Gasteiger partial charge in [-0.15, -0.1) is 0 Å². The van der Waals surface area contributed by atoms with Gasteiger partial charge in [0.2, 0.25) is 5.54 Å². The normalized spacial score (nSPS) is 19.1. The van der Waals surface area contributed by atoms with Crippen molar-refractivity contribution in [2.75, 3.05) is 12.0 Å². The van der Waals surface area contributed by atoms with Crippen molar-refractivity contribution in [2.45, 2.75) is 5.54 Å². The van der Waals surface area contributed by atoms with Crippen LogP contribution in [0.4, 0.5) is 5.69 Å². The summed E-state index contributed by atoms with van der Waals surface area (Å²) in [6.07, 6.45) is 0. The van der Waals surface area contributed by atoms with Crippen LogP contribution >= 0.6 is 11.6 Å². The molecule has 1 unspecified atom stereocenters. The molecule has 1 atom stereocenters. The first-order valence-electron chi connectivity index (χ1n) is 8.13. The first kappa shape index (κ1) is 17.2. The Morgan fingerprint density at radius 1 is 1.15 bits per heavy atom. The van der Waals surface area contributed by atoms with Crippen molar-refractivity contribution in [3.63, 3.8) is 0 Å². The second-order valence-electron chi connectivity index (χ2n) is 5.99. The molecular weight excluding hydrogens is 368 g/mol. The number of nitrogens with one attached hydrogen (secondary N) is 3. The minimum Gasteiger partial charge on any atom is -0.367 e. The number of nitrogens with two attached hydrogens (primary N) is 1. The lowest BCUT2D eigenvalue weighted by Gasteiger charge is -2.25. The van der Waals surface area contributed by atoms with E-state index >= 15 is 0 Å². The van der Waals surface area contributed by atoms with Crippen LogP contribution in [0.1, 0.15) is 5.82 Å². The van der Waals surface area contributed by atoms with Crippen molar-refractivity contribution >= 4 is 45.8 Å². The fraction of sp³-hybridized carbons (Fsp3) is 0.111. The number of hydrogen-bond donors (Lipinski definition) is 4. The first-order valence-corrected chi connectivity index (χ1v) is 8.51. The van der Waals surface area contributed by atoms with Gasteiger partial charge in [0.25, 0.3) is 11.8 Å². The molecule has 136 valence electrons. The van der Waals surface area contributed by atoms with Crippen LogP contribution in [0.2, 0.25) is 5.02 Å². The Hall–Kier alpha value is -3.23. The number of amides is 2. The lowest BCUT2D eigenvalue weighted by molar-refractivity contribution is -0.123. The molecule has 0 saturated carbocycles. The van der Waals surface area contributed by atoms with E-state index in [0.29, 0.717) is 21.7 Å². The molecule has 2 amide bonds. The summed E-state index contributed by atoms with van der Waals surface area (Å²) >= 11 is 6.10. The molecule has 4 rings (SSSR count). The summed E-state index contributed by atoms with van der Waals surface area (Å²) in [5.41, 5.74) is 5.72. The number of hydrogen-bond acceptors (Lipinski definition) is 5. The summed E-state index contributed by atoms with van der Waals surface area (Å²) in [7, 11) is 0. The van der Waals surface area contributed by atoms with Gasteiger partial charge < -0.3 is 16.0 Å². The molecular formula is C18H15ClN6O2. The molecule has 1 aliphatic heterocycles. The Kier molecular flexibility index (Phi) is 4.14. The van der Waals surface area contributed by atoms with E-state index < -0.39 is 17.4 Å². The molecule has 0 aliphatic carbocycles. The standard InChI is InChI=1S/C18H15ClN6O2/c19-10-5-1-2-6-11(10)23-15(26)14-18(16(20)27,22-9-21-14)17-24-12-7-3-4-8-13(12)25-17/h1-8,22H,9H2,(H2,20,27)(H,23,26)(H,24,25). The highest BCUT2D eigenvalue weighted by atomic mass is 35.5. The topological polar surface area (TPSA) is 125 Å². The van der Waals surface area contributed by atoms with Gasteiger partial charge in [-0.3, -0.25) is 19.9 Å². The number of rotatable bonds is 4. The lowest BCUT2D eigenvalue weighted by Crippen LogP contribution is -2.58. The molecule has 0 bridgehead atoms. The number of H-pyrrole nitrogens is 1. The quantitative estimate of drug-likeness (QED) is 0.546. The van der Waals surface area contributed by atoms with Crippen molar-refractivity contribution in [3.8, 4) is 0 Å². The molecule has 27 heavy (non-hydrogen) atoms. The lowest BCUT2D eigenvalue weighted by atomic mass is 9.91. The Morgan fingerprint density at radius 3 is 2.63 bits per heavy atom. The number of aliphatic imine (C=N–C) groups is 1. The maximum atomic E-state index is 12.9. The molecule has 0 fully saturated rings. The molecule has 2 heterocycles. The van der Waals surface area contributed by atoms with E-state index in [1.165, 1.54) is 0 Å². The number of benzene rings is 2. The second-order valence-corrected chi connectivity index (χ2v) is 6.40. The number of para-hydroxylation sites is 3. The van der Waals surface area contributed by atoms with E-state index in [0.717, 1.165) is 0 Å². The van der Waals surface area contributed by atoms with E-state index in [4.69, 9.17) is 17.3 Å². The molecule has 0 radical (unpaired) electrons. The number of carbonyl (C=O) groups is 2. The monoisotopic (exact) mass is 382 g/mol. The van der Waals surface area contributed by atoms with Crippen LogP contribution in [0.15, 0.2) is 53.5 Å². The molecule has 9 heteroatoms. The fourth-order valence-corrected chi connectivity index (χ4v) is 3.26. The largest absolute Gasteiger partial charge is 0.367 e. The highest BCUT2D eigenvalue weighted by Gasteiger charge is 2.52. The molecule has 1 aliphatic rings. The average Bonchev–Trinajstić information content (AvgIpc) is 3.28. The highest BCUT2D eigenvalue weighted by Crippen LogP contribution is 2.28. The number of fused-ring (bicyclic) bond motifs is 1. The van der Waals surface area contributed by atoms with Gasteiger partial charge in [0, 0.05) is 0 Å². The van der Waals surface area contributed by atoms with Crippen LogP contribution in [-0.2, 0) is 15.1 Å². The van der Waals surface area contributed by atoms with E-state index in [-0.39, 0.29) is 18.2 Å². The smallest absolute Gasteiger partial charge is 0.272 e. The Bertz CT molecular complexity index is 1060. The molecule has 2 aromatic carbocycles.